The Morgan fingerprint density at radius 2 is 1.87 bits per heavy atom. The first kappa shape index (κ1) is 26.8. The van der Waals surface area contributed by atoms with Gasteiger partial charge in [0.25, 0.3) is 5.91 Å². The standard InChI is InChI=1S/C29H34ClN5O2S/c1-20-21(2)32-29(33-27(20)35-14-12-34(13-15-35)26-11-4-3-10-25(26)30)38-19-22-7-5-8-23(17-22)28(36)31-18-24-9-6-16-37-24/h3-5,7-8,10-11,17,24H,6,9,12-16,18-19H2,1-2H3,(H,31,36). The lowest BCUT2D eigenvalue weighted by Gasteiger charge is -2.37. The second-order valence-electron chi connectivity index (χ2n) is 9.80. The largest absolute Gasteiger partial charge is 0.376 e. The first-order valence-corrected chi connectivity index (χ1v) is 14.6. The Kier molecular flexibility index (Phi) is 8.72. The molecule has 1 unspecified atom stereocenters. The molecule has 7 nitrogen and oxygen atoms in total. The molecule has 9 heteroatoms. The monoisotopic (exact) mass is 551 g/mol. The number of hydrogen-bond acceptors (Lipinski definition) is 7. The molecule has 2 aliphatic heterocycles. The maximum absolute atomic E-state index is 12.6. The van der Waals surface area contributed by atoms with Gasteiger partial charge >= 0.3 is 0 Å². The maximum Gasteiger partial charge on any atom is 0.251 e. The summed E-state index contributed by atoms with van der Waals surface area (Å²) in [6, 6.07) is 15.8. The number of nitrogens with zero attached hydrogens (tertiary/aromatic N) is 4. The Bertz CT molecular complexity index is 1280. The highest BCUT2D eigenvalue weighted by Gasteiger charge is 2.23. The summed E-state index contributed by atoms with van der Waals surface area (Å²) in [6.07, 6.45) is 2.20. The predicted molar refractivity (Wildman–Crippen MR) is 155 cm³/mol. The normalized spacial score (nSPS) is 17.6. The topological polar surface area (TPSA) is 70.6 Å². The molecule has 5 rings (SSSR count). The van der Waals surface area contributed by atoms with Crippen molar-refractivity contribution >= 4 is 40.8 Å². The third-order valence-electron chi connectivity index (χ3n) is 7.19. The van der Waals surface area contributed by atoms with Crippen molar-refractivity contribution < 1.29 is 9.53 Å². The smallest absolute Gasteiger partial charge is 0.251 e. The van der Waals surface area contributed by atoms with Crippen LogP contribution in [0.4, 0.5) is 11.5 Å². The fourth-order valence-electron chi connectivity index (χ4n) is 4.89. The van der Waals surface area contributed by atoms with Crippen molar-refractivity contribution in [1.29, 1.82) is 0 Å². The van der Waals surface area contributed by atoms with Crippen LogP contribution in [0.2, 0.25) is 5.02 Å². The molecule has 2 saturated heterocycles. The van der Waals surface area contributed by atoms with Gasteiger partial charge in [-0.2, -0.15) is 0 Å². The number of aryl methyl sites for hydroxylation is 1. The van der Waals surface area contributed by atoms with Crippen LogP contribution >= 0.6 is 23.4 Å². The predicted octanol–water partition coefficient (Wildman–Crippen LogP) is 5.27. The number of rotatable bonds is 8. The molecule has 1 atom stereocenters. The van der Waals surface area contributed by atoms with Gasteiger partial charge in [0, 0.05) is 61.9 Å². The maximum atomic E-state index is 12.6. The van der Waals surface area contributed by atoms with Crippen LogP contribution in [0, 0.1) is 13.8 Å². The van der Waals surface area contributed by atoms with E-state index in [1.165, 1.54) is 0 Å². The van der Waals surface area contributed by atoms with E-state index < -0.39 is 0 Å². The number of thioether (sulfide) groups is 1. The van der Waals surface area contributed by atoms with E-state index in [-0.39, 0.29) is 12.0 Å². The number of piperazine rings is 1. The van der Waals surface area contributed by atoms with E-state index in [1.54, 1.807) is 11.8 Å². The molecule has 2 fully saturated rings. The highest BCUT2D eigenvalue weighted by molar-refractivity contribution is 7.98. The molecule has 0 bridgehead atoms. The Balaban J connectivity index is 1.21. The van der Waals surface area contributed by atoms with E-state index in [0.29, 0.717) is 17.9 Å². The van der Waals surface area contributed by atoms with Gasteiger partial charge < -0.3 is 19.9 Å². The molecule has 0 aliphatic carbocycles. The highest BCUT2D eigenvalue weighted by Crippen LogP contribution is 2.30. The fraction of sp³-hybridized carbons (Fsp3) is 0.414. The van der Waals surface area contributed by atoms with E-state index >= 15 is 0 Å². The summed E-state index contributed by atoms with van der Waals surface area (Å²) >= 11 is 8.03. The summed E-state index contributed by atoms with van der Waals surface area (Å²) in [4.78, 5) is 27.0. The van der Waals surface area contributed by atoms with Crippen LogP contribution in [0.1, 0.15) is 40.0 Å². The molecule has 1 N–H and O–H groups in total. The van der Waals surface area contributed by atoms with Gasteiger partial charge in [-0.1, -0.05) is 47.6 Å². The number of anilines is 2. The molecular formula is C29H34ClN5O2S. The van der Waals surface area contributed by atoms with E-state index in [9.17, 15) is 4.79 Å². The average molecular weight is 552 g/mol. The molecule has 2 aromatic carbocycles. The van der Waals surface area contributed by atoms with Gasteiger partial charge in [-0.25, -0.2) is 9.97 Å². The van der Waals surface area contributed by atoms with E-state index in [2.05, 4.69) is 28.1 Å². The summed E-state index contributed by atoms with van der Waals surface area (Å²) < 4.78 is 5.61. The minimum absolute atomic E-state index is 0.0620. The number of ether oxygens (including phenoxy) is 1. The van der Waals surface area contributed by atoms with Crippen LogP contribution in [-0.2, 0) is 10.5 Å². The number of benzene rings is 2. The first-order valence-electron chi connectivity index (χ1n) is 13.2. The molecule has 1 amide bonds. The number of aromatic nitrogens is 2. The molecule has 0 saturated carbocycles. The van der Waals surface area contributed by atoms with Crippen molar-refractivity contribution in [3.05, 3.63) is 75.9 Å². The van der Waals surface area contributed by atoms with Crippen LogP contribution in [0.25, 0.3) is 0 Å². The summed E-state index contributed by atoms with van der Waals surface area (Å²) in [5, 5.41) is 4.55. The van der Waals surface area contributed by atoms with E-state index in [0.717, 1.165) is 84.1 Å². The Labute approximate surface area is 233 Å². The summed E-state index contributed by atoms with van der Waals surface area (Å²) in [5.41, 5.74) is 4.93. The number of hydrogen-bond donors (Lipinski definition) is 1. The molecular weight excluding hydrogens is 518 g/mol. The van der Waals surface area contributed by atoms with Crippen LogP contribution in [0.15, 0.2) is 53.7 Å². The third kappa shape index (κ3) is 6.42. The van der Waals surface area contributed by atoms with Crippen LogP contribution in [-0.4, -0.2) is 61.3 Å². The lowest BCUT2D eigenvalue weighted by Crippen LogP contribution is -2.47. The fourth-order valence-corrected chi connectivity index (χ4v) is 5.98. The molecule has 2 aliphatic rings. The number of halogens is 1. The molecule has 38 heavy (non-hydrogen) atoms. The SMILES string of the molecule is Cc1nc(SCc2cccc(C(=O)NCC3CCCO3)c2)nc(N2CCN(c3ccccc3Cl)CC2)c1C. The second kappa shape index (κ2) is 12.4. The Hall–Kier alpha value is -2.81. The summed E-state index contributed by atoms with van der Waals surface area (Å²) in [7, 11) is 0. The van der Waals surface area contributed by atoms with Gasteiger partial charge in [-0.15, -0.1) is 0 Å². The zero-order chi connectivity index (χ0) is 26.5. The lowest BCUT2D eigenvalue weighted by atomic mass is 10.1. The van der Waals surface area contributed by atoms with Crippen molar-refractivity contribution in [2.75, 3.05) is 49.1 Å². The summed E-state index contributed by atoms with van der Waals surface area (Å²) in [6.45, 7) is 9.00. The Morgan fingerprint density at radius 1 is 1.08 bits per heavy atom. The minimum atomic E-state index is -0.0620. The van der Waals surface area contributed by atoms with Crippen LogP contribution < -0.4 is 15.1 Å². The number of carbonyl (C=O) groups is 1. The molecule has 0 radical (unpaired) electrons. The van der Waals surface area contributed by atoms with Crippen molar-refractivity contribution in [1.82, 2.24) is 15.3 Å². The second-order valence-corrected chi connectivity index (χ2v) is 11.1. The van der Waals surface area contributed by atoms with Gasteiger partial charge in [-0.3, -0.25) is 4.79 Å². The average Bonchev–Trinajstić information content (AvgIpc) is 3.47. The van der Waals surface area contributed by atoms with Gasteiger partial charge in [0.05, 0.1) is 16.8 Å². The van der Waals surface area contributed by atoms with Gasteiger partial charge in [0.2, 0.25) is 0 Å². The molecule has 3 aromatic rings. The highest BCUT2D eigenvalue weighted by atomic mass is 35.5. The number of carbonyl (C=O) groups excluding carboxylic acids is 1. The van der Waals surface area contributed by atoms with Crippen molar-refractivity contribution in [2.45, 2.75) is 43.7 Å². The zero-order valence-electron chi connectivity index (χ0n) is 22.0. The van der Waals surface area contributed by atoms with E-state index in [1.807, 2.05) is 49.4 Å². The minimum Gasteiger partial charge on any atom is -0.376 e. The van der Waals surface area contributed by atoms with Gasteiger partial charge in [0.1, 0.15) is 5.82 Å². The van der Waals surface area contributed by atoms with Crippen molar-refractivity contribution in [3.63, 3.8) is 0 Å². The number of amides is 1. The molecule has 1 aromatic heterocycles. The van der Waals surface area contributed by atoms with Gasteiger partial charge in [-0.05, 0) is 56.5 Å². The molecule has 0 spiro atoms. The summed E-state index contributed by atoms with van der Waals surface area (Å²) in [5.74, 6) is 1.63. The van der Waals surface area contributed by atoms with Crippen molar-refractivity contribution in [3.8, 4) is 0 Å². The van der Waals surface area contributed by atoms with Crippen molar-refractivity contribution in [2.24, 2.45) is 0 Å². The number of nitrogens with one attached hydrogen (secondary N) is 1. The number of para-hydroxylation sites is 1. The first-order chi connectivity index (χ1) is 18.5. The quantitative estimate of drug-likeness (QED) is 0.302. The van der Waals surface area contributed by atoms with Gasteiger partial charge in [0.15, 0.2) is 5.16 Å². The lowest BCUT2D eigenvalue weighted by molar-refractivity contribution is 0.0857. The Morgan fingerprint density at radius 3 is 2.63 bits per heavy atom. The van der Waals surface area contributed by atoms with E-state index in [4.69, 9.17) is 26.3 Å². The zero-order valence-corrected chi connectivity index (χ0v) is 23.5. The van der Waals surface area contributed by atoms with Crippen LogP contribution in [0.3, 0.4) is 0 Å². The third-order valence-corrected chi connectivity index (χ3v) is 8.42. The van der Waals surface area contributed by atoms with Crippen LogP contribution in [0.5, 0.6) is 0 Å². The molecule has 3 heterocycles. The molecule has 200 valence electrons.